The van der Waals surface area contributed by atoms with E-state index in [1.165, 1.54) is 12.1 Å². The topological polar surface area (TPSA) is 0 Å². The summed E-state index contributed by atoms with van der Waals surface area (Å²) in [6.45, 7) is 6.32. The van der Waals surface area contributed by atoms with Crippen LogP contribution in [0, 0.1) is 11.6 Å². The van der Waals surface area contributed by atoms with Crippen LogP contribution in [0.5, 0.6) is 0 Å². The van der Waals surface area contributed by atoms with Crippen LogP contribution in [0.3, 0.4) is 0 Å². The molecule has 4 heteroatoms. The summed E-state index contributed by atoms with van der Waals surface area (Å²) in [5, 5.41) is -0.855. The van der Waals surface area contributed by atoms with Gasteiger partial charge in [0.15, 0.2) is 0 Å². The number of hydrogen-bond acceptors (Lipinski definition) is 0. The standard InChI is InChI=1S/C17H16BrClF2/c1-17(2,3)11-6-4-10(5-7-11)16(19)15-13(20)8-12(18)9-14(15)21/h4-9,16H,1-3H3. The maximum Gasteiger partial charge on any atom is 0.132 e. The van der Waals surface area contributed by atoms with Crippen LogP contribution in [0.15, 0.2) is 40.9 Å². The van der Waals surface area contributed by atoms with E-state index in [1.54, 1.807) is 0 Å². The molecule has 0 aromatic heterocycles. The van der Waals surface area contributed by atoms with Crippen LogP contribution in [0.4, 0.5) is 8.78 Å². The average molecular weight is 374 g/mol. The fourth-order valence-electron chi connectivity index (χ4n) is 2.11. The lowest BCUT2D eigenvalue weighted by molar-refractivity contribution is 0.557. The van der Waals surface area contributed by atoms with Crippen molar-refractivity contribution in [3.05, 3.63) is 69.2 Å². The highest BCUT2D eigenvalue weighted by Gasteiger charge is 2.21. The number of benzene rings is 2. The van der Waals surface area contributed by atoms with Gasteiger partial charge >= 0.3 is 0 Å². The van der Waals surface area contributed by atoms with Crippen LogP contribution < -0.4 is 0 Å². The van der Waals surface area contributed by atoms with E-state index in [4.69, 9.17) is 11.6 Å². The van der Waals surface area contributed by atoms with Gasteiger partial charge in [0, 0.05) is 10.0 Å². The van der Waals surface area contributed by atoms with Crippen LogP contribution in [0.25, 0.3) is 0 Å². The lowest BCUT2D eigenvalue weighted by Gasteiger charge is -2.20. The SMILES string of the molecule is CC(C)(C)c1ccc(C(Cl)c2c(F)cc(Br)cc2F)cc1. The first-order valence-electron chi connectivity index (χ1n) is 6.59. The molecule has 0 aliphatic heterocycles. The van der Waals surface area contributed by atoms with Crippen molar-refractivity contribution in [2.24, 2.45) is 0 Å². The lowest BCUT2D eigenvalue weighted by Crippen LogP contribution is -2.11. The van der Waals surface area contributed by atoms with E-state index in [-0.39, 0.29) is 11.0 Å². The van der Waals surface area contributed by atoms with Crippen LogP contribution in [0.2, 0.25) is 0 Å². The summed E-state index contributed by atoms with van der Waals surface area (Å²) in [6.07, 6.45) is 0. The highest BCUT2D eigenvalue weighted by atomic mass is 79.9. The minimum absolute atomic E-state index is 0.0223. The van der Waals surface area contributed by atoms with Crippen molar-refractivity contribution in [3.8, 4) is 0 Å². The van der Waals surface area contributed by atoms with Gasteiger partial charge < -0.3 is 0 Å². The van der Waals surface area contributed by atoms with E-state index in [2.05, 4.69) is 36.7 Å². The molecule has 0 aliphatic carbocycles. The summed E-state index contributed by atoms with van der Waals surface area (Å²) in [4.78, 5) is 0. The largest absolute Gasteiger partial charge is 0.206 e. The second-order valence-electron chi connectivity index (χ2n) is 6.02. The highest BCUT2D eigenvalue weighted by molar-refractivity contribution is 9.10. The summed E-state index contributed by atoms with van der Waals surface area (Å²) in [7, 11) is 0. The van der Waals surface area contributed by atoms with Crippen molar-refractivity contribution in [3.63, 3.8) is 0 Å². The summed E-state index contributed by atoms with van der Waals surface area (Å²) < 4.78 is 28.3. The van der Waals surface area contributed by atoms with Crippen molar-refractivity contribution >= 4 is 27.5 Å². The van der Waals surface area contributed by atoms with Gasteiger partial charge in [-0.2, -0.15) is 0 Å². The third-order valence-corrected chi connectivity index (χ3v) is 4.29. The van der Waals surface area contributed by atoms with Gasteiger partial charge in [-0.3, -0.25) is 0 Å². The number of rotatable bonds is 2. The molecule has 21 heavy (non-hydrogen) atoms. The Morgan fingerprint density at radius 1 is 1.00 bits per heavy atom. The average Bonchev–Trinajstić information content (AvgIpc) is 2.36. The van der Waals surface area contributed by atoms with Gasteiger partial charge in [-0.15, -0.1) is 11.6 Å². The summed E-state index contributed by atoms with van der Waals surface area (Å²) >= 11 is 9.33. The Morgan fingerprint density at radius 2 is 1.48 bits per heavy atom. The maximum atomic E-state index is 14.0. The second-order valence-corrected chi connectivity index (χ2v) is 7.37. The van der Waals surface area contributed by atoms with Crippen molar-refractivity contribution in [2.75, 3.05) is 0 Å². The molecule has 0 aliphatic rings. The zero-order valence-corrected chi connectivity index (χ0v) is 14.4. The van der Waals surface area contributed by atoms with Crippen molar-refractivity contribution in [1.29, 1.82) is 0 Å². The highest BCUT2D eigenvalue weighted by Crippen LogP contribution is 2.35. The van der Waals surface area contributed by atoms with Gasteiger partial charge in [-0.1, -0.05) is 61.0 Å². The maximum absolute atomic E-state index is 14.0. The first-order chi connectivity index (χ1) is 9.70. The van der Waals surface area contributed by atoms with Gasteiger partial charge in [0.25, 0.3) is 0 Å². The van der Waals surface area contributed by atoms with E-state index >= 15 is 0 Å². The molecule has 1 atom stereocenters. The molecule has 2 aromatic carbocycles. The van der Waals surface area contributed by atoms with Gasteiger partial charge in [-0.05, 0) is 28.7 Å². The summed E-state index contributed by atoms with van der Waals surface area (Å²) in [5.74, 6) is -1.30. The molecule has 0 bridgehead atoms. The fourth-order valence-corrected chi connectivity index (χ4v) is 2.87. The summed E-state index contributed by atoms with van der Waals surface area (Å²) in [5.41, 5.74) is 1.72. The van der Waals surface area contributed by atoms with Crippen LogP contribution in [-0.4, -0.2) is 0 Å². The van der Waals surface area contributed by atoms with E-state index < -0.39 is 17.0 Å². The van der Waals surface area contributed by atoms with Crippen LogP contribution >= 0.6 is 27.5 Å². The molecule has 0 nitrogen and oxygen atoms in total. The van der Waals surface area contributed by atoms with Gasteiger partial charge in [0.2, 0.25) is 0 Å². The van der Waals surface area contributed by atoms with E-state index in [0.717, 1.165) is 5.56 Å². The predicted molar refractivity (Wildman–Crippen MR) is 86.9 cm³/mol. The molecular weight excluding hydrogens is 358 g/mol. The van der Waals surface area contributed by atoms with Crippen LogP contribution in [0.1, 0.15) is 42.8 Å². The normalized spacial score (nSPS) is 13.3. The first kappa shape index (κ1) is 16.4. The Kier molecular flexibility index (Phi) is 4.74. The molecule has 1 unspecified atom stereocenters. The number of hydrogen-bond donors (Lipinski definition) is 0. The van der Waals surface area contributed by atoms with Gasteiger partial charge in [0.1, 0.15) is 11.6 Å². The van der Waals surface area contributed by atoms with E-state index in [9.17, 15) is 8.78 Å². The molecule has 0 N–H and O–H groups in total. The van der Waals surface area contributed by atoms with Crippen molar-refractivity contribution in [1.82, 2.24) is 0 Å². The lowest BCUT2D eigenvalue weighted by atomic mass is 9.86. The third-order valence-electron chi connectivity index (χ3n) is 3.37. The number of alkyl halides is 1. The zero-order chi connectivity index (χ0) is 15.8. The monoisotopic (exact) mass is 372 g/mol. The Labute approximate surface area is 137 Å². The zero-order valence-electron chi connectivity index (χ0n) is 12.1. The number of halogens is 4. The van der Waals surface area contributed by atoms with Gasteiger partial charge in [-0.25, -0.2) is 8.78 Å². The quantitative estimate of drug-likeness (QED) is 0.538. The molecule has 2 rings (SSSR count). The van der Waals surface area contributed by atoms with E-state index in [0.29, 0.717) is 10.0 Å². The molecule has 112 valence electrons. The van der Waals surface area contributed by atoms with E-state index in [1.807, 2.05) is 24.3 Å². The minimum Gasteiger partial charge on any atom is -0.206 e. The third kappa shape index (κ3) is 3.64. The Morgan fingerprint density at radius 3 is 1.90 bits per heavy atom. The second kappa shape index (κ2) is 6.05. The predicted octanol–water partition coefficient (Wildman–Crippen LogP) is 6.35. The molecule has 0 fully saturated rings. The molecular formula is C17H16BrClF2. The van der Waals surface area contributed by atoms with Crippen molar-refractivity contribution < 1.29 is 8.78 Å². The minimum atomic E-state index is -0.855. The van der Waals surface area contributed by atoms with Crippen molar-refractivity contribution in [2.45, 2.75) is 31.6 Å². The molecule has 0 spiro atoms. The first-order valence-corrected chi connectivity index (χ1v) is 7.82. The van der Waals surface area contributed by atoms with Crippen LogP contribution in [-0.2, 0) is 5.41 Å². The Balaban J connectivity index is 2.39. The molecule has 2 aromatic rings. The smallest absolute Gasteiger partial charge is 0.132 e. The molecule has 0 saturated carbocycles. The Bertz CT molecular complexity index is 622. The molecule has 0 heterocycles. The fraction of sp³-hybridized carbons (Fsp3) is 0.294. The molecule has 0 amide bonds. The molecule has 0 saturated heterocycles. The Hall–Kier alpha value is -0.930. The van der Waals surface area contributed by atoms with Gasteiger partial charge in [0.05, 0.1) is 5.38 Å². The summed E-state index contributed by atoms with van der Waals surface area (Å²) in [6, 6.07) is 9.96. The molecule has 0 radical (unpaired) electrons.